The fourth-order valence-electron chi connectivity index (χ4n) is 2.26. The van der Waals surface area contributed by atoms with Gasteiger partial charge in [-0.1, -0.05) is 23.8 Å². The van der Waals surface area contributed by atoms with E-state index in [4.69, 9.17) is 0 Å². The van der Waals surface area contributed by atoms with Gasteiger partial charge in [0.2, 0.25) is 0 Å². The van der Waals surface area contributed by atoms with Gasteiger partial charge in [-0.25, -0.2) is 0 Å². The smallest absolute Gasteiger partial charge is 0.0942 e. The number of hydrogen-bond donors (Lipinski definition) is 2. The molecule has 1 aromatic rings. The van der Waals surface area contributed by atoms with Crippen molar-refractivity contribution in [1.29, 1.82) is 0 Å². The molecule has 0 heterocycles. The Hall–Kier alpha value is -0.900. The summed E-state index contributed by atoms with van der Waals surface area (Å²) in [7, 11) is 4.15. The van der Waals surface area contributed by atoms with Crippen molar-refractivity contribution in [3.63, 3.8) is 0 Å². The first-order valence-corrected chi connectivity index (χ1v) is 7.05. The lowest BCUT2D eigenvalue weighted by Gasteiger charge is -2.23. The summed E-state index contributed by atoms with van der Waals surface area (Å²) in [4.78, 5) is 2.17. The third kappa shape index (κ3) is 5.31. The summed E-state index contributed by atoms with van der Waals surface area (Å²) >= 11 is 0. The monoisotopic (exact) mass is 264 g/mol. The van der Waals surface area contributed by atoms with Crippen LogP contribution in [0.5, 0.6) is 0 Å². The van der Waals surface area contributed by atoms with Gasteiger partial charge in [-0.15, -0.1) is 0 Å². The summed E-state index contributed by atoms with van der Waals surface area (Å²) < 4.78 is 0. The number of aliphatic hydroxyl groups is 1. The fraction of sp³-hybridized carbons (Fsp3) is 0.625. The normalized spacial score (nSPS) is 14.7. The van der Waals surface area contributed by atoms with Gasteiger partial charge >= 0.3 is 0 Å². The molecule has 3 heteroatoms. The number of benzene rings is 1. The number of hydrogen-bond acceptors (Lipinski definition) is 3. The first-order chi connectivity index (χ1) is 8.91. The molecule has 0 spiro atoms. The quantitative estimate of drug-likeness (QED) is 0.742. The molecule has 108 valence electrons. The average molecular weight is 264 g/mol. The molecule has 0 aliphatic heterocycles. The van der Waals surface area contributed by atoms with Crippen molar-refractivity contribution in [3.8, 4) is 0 Å². The van der Waals surface area contributed by atoms with Gasteiger partial charge in [0.25, 0.3) is 0 Å². The zero-order chi connectivity index (χ0) is 14.4. The number of rotatable bonds is 7. The third-order valence-electron chi connectivity index (χ3n) is 3.47. The van der Waals surface area contributed by atoms with Crippen LogP contribution >= 0.6 is 0 Å². The largest absolute Gasteiger partial charge is 0.387 e. The first-order valence-electron chi connectivity index (χ1n) is 7.05. The minimum atomic E-state index is -0.444. The van der Waals surface area contributed by atoms with E-state index in [-0.39, 0.29) is 6.04 Å². The second-order valence-electron chi connectivity index (χ2n) is 5.70. The van der Waals surface area contributed by atoms with Crippen LogP contribution in [0.2, 0.25) is 0 Å². The van der Waals surface area contributed by atoms with Crippen molar-refractivity contribution in [2.24, 2.45) is 0 Å². The van der Waals surface area contributed by atoms with E-state index in [9.17, 15) is 5.11 Å². The molecule has 0 aliphatic carbocycles. The van der Waals surface area contributed by atoms with Gasteiger partial charge in [0, 0.05) is 6.04 Å². The second kappa shape index (κ2) is 7.63. The van der Waals surface area contributed by atoms with E-state index in [0.717, 1.165) is 30.6 Å². The van der Waals surface area contributed by atoms with Crippen molar-refractivity contribution in [3.05, 3.63) is 34.9 Å². The lowest BCUT2D eigenvalue weighted by atomic mass is 9.97. The van der Waals surface area contributed by atoms with Crippen LogP contribution in [0.1, 0.15) is 36.1 Å². The maximum absolute atomic E-state index is 10.4. The van der Waals surface area contributed by atoms with Crippen LogP contribution in [-0.2, 0) is 0 Å². The highest BCUT2D eigenvalue weighted by Gasteiger charge is 2.17. The Kier molecular flexibility index (Phi) is 6.49. The molecule has 3 nitrogen and oxygen atoms in total. The van der Waals surface area contributed by atoms with Crippen LogP contribution < -0.4 is 5.32 Å². The number of nitrogens with zero attached hydrogens (tertiary/aromatic N) is 1. The molecule has 0 saturated heterocycles. The zero-order valence-corrected chi connectivity index (χ0v) is 12.9. The Labute approximate surface area is 117 Å². The zero-order valence-electron chi connectivity index (χ0n) is 12.9. The van der Waals surface area contributed by atoms with E-state index in [1.807, 2.05) is 13.0 Å². The van der Waals surface area contributed by atoms with Gasteiger partial charge in [-0.2, -0.15) is 0 Å². The molecule has 0 saturated carbocycles. The standard InChI is InChI=1S/C16H28N2O/c1-12-7-8-15(13(2)11-12)16(19)14(3)17-9-6-10-18(4)5/h7-8,11,14,16-17,19H,6,9-10H2,1-5H3. The molecule has 0 bridgehead atoms. The molecular weight excluding hydrogens is 236 g/mol. The van der Waals surface area contributed by atoms with Gasteiger partial charge in [0.05, 0.1) is 6.10 Å². The van der Waals surface area contributed by atoms with Crippen LogP contribution in [0.15, 0.2) is 18.2 Å². The molecule has 0 aliphatic rings. The minimum absolute atomic E-state index is 0.0727. The van der Waals surface area contributed by atoms with E-state index >= 15 is 0 Å². The highest BCUT2D eigenvalue weighted by Crippen LogP contribution is 2.21. The highest BCUT2D eigenvalue weighted by atomic mass is 16.3. The Morgan fingerprint density at radius 2 is 1.95 bits per heavy atom. The Bertz CT molecular complexity index is 390. The van der Waals surface area contributed by atoms with Crippen molar-refractivity contribution in [2.75, 3.05) is 27.2 Å². The van der Waals surface area contributed by atoms with Crippen LogP contribution in [-0.4, -0.2) is 43.2 Å². The van der Waals surface area contributed by atoms with Crippen molar-refractivity contribution in [2.45, 2.75) is 39.3 Å². The molecule has 0 amide bonds. The van der Waals surface area contributed by atoms with E-state index in [1.165, 1.54) is 5.56 Å². The van der Waals surface area contributed by atoms with Gasteiger partial charge < -0.3 is 15.3 Å². The summed E-state index contributed by atoms with van der Waals surface area (Å²) in [5.41, 5.74) is 3.42. The molecule has 2 N–H and O–H groups in total. The molecule has 19 heavy (non-hydrogen) atoms. The van der Waals surface area contributed by atoms with Gasteiger partial charge in [-0.05, 0) is 65.5 Å². The Balaban J connectivity index is 2.49. The average Bonchev–Trinajstić information content (AvgIpc) is 2.33. The molecule has 1 rings (SSSR count). The van der Waals surface area contributed by atoms with Crippen LogP contribution in [0.4, 0.5) is 0 Å². The van der Waals surface area contributed by atoms with Crippen LogP contribution in [0.3, 0.4) is 0 Å². The third-order valence-corrected chi connectivity index (χ3v) is 3.47. The van der Waals surface area contributed by atoms with Crippen molar-refractivity contribution < 1.29 is 5.11 Å². The molecule has 2 unspecified atom stereocenters. The molecule has 2 atom stereocenters. The van der Waals surface area contributed by atoms with Crippen LogP contribution in [0, 0.1) is 13.8 Å². The number of nitrogens with one attached hydrogen (secondary N) is 1. The van der Waals surface area contributed by atoms with E-state index in [1.54, 1.807) is 0 Å². The molecule has 0 aromatic heterocycles. The van der Waals surface area contributed by atoms with Crippen LogP contribution in [0.25, 0.3) is 0 Å². The summed E-state index contributed by atoms with van der Waals surface area (Å²) in [5, 5.41) is 13.8. The minimum Gasteiger partial charge on any atom is -0.387 e. The number of aryl methyl sites for hydroxylation is 2. The lowest BCUT2D eigenvalue weighted by Crippen LogP contribution is -2.34. The van der Waals surface area contributed by atoms with E-state index < -0.39 is 6.10 Å². The molecule has 0 fully saturated rings. The first kappa shape index (κ1) is 16.2. The van der Waals surface area contributed by atoms with Gasteiger partial charge in [0.1, 0.15) is 0 Å². The van der Waals surface area contributed by atoms with E-state index in [0.29, 0.717) is 0 Å². The Morgan fingerprint density at radius 1 is 1.26 bits per heavy atom. The summed E-state index contributed by atoms with van der Waals surface area (Å²) in [6.07, 6.45) is 0.650. The predicted molar refractivity (Wildman–Crippen MR) is 81.5 cm³/mol. The second-order valence-corrected chi connectivity index (χ2v) is 5.70. The summed E-state index contributed by atoms with van der Waals surface area (Å²) in [6.45, 7) is 8.18. The SMILES string of the molecule is Cc1ccc(C(O)C(C)NCCCN(C)C)c(C)c1. The molecule has 1 aromatic carbocycles. The summed E-state index contributed by atoms with van der Waals surface area (Å²) in [6, 6.07) is 6.29. The maximum Gasteiger partial charge on any atom is 0.0942 e. The highest BCUT2D eigenvalue weighted by molar-refractivity contribution is 5.32. The van der Waals surface area contributed by atoms with Crippen molar-refractivity contribution in [1.82, 2.24) is 10.2 Å². The fourth-order valence-corrected chi connectivity index (χ4v) is 2.26. The van der Waals surface area contributed by atoms with Gasteiger partial charge in [-0.3, -0.25) is 0 Å². The Morgan fingerprint density at radius 3 is 2.53 bits per heavy atom. The number of aliphatic hydroxyl groups excluding tert-OH is 1. The van der Waals surface area contributed by atoms with Crippen molar-refractivity contribution >= 4 is 0 Å². The predicted octanol–water partition coefficient (Wildman–Crippen LogP) is 2.27. The molecular formula is C16H28N2O. The lowest BCUT2D eigenvalue weighted by molar-refractivity contribution is 0.135. The molecule has 0 radical (unpaired) electrons. The van der Waals surface area contributed by atoms with Gasteiger partial charge in [0.15, 0.2) is 0 Å². The summed E-state index contributed by atoms with van der Waals surface area (Å²) in [5.74, 6) is 0. The maximum atomic E-state index is 10.4. The topological polar surface area (TPSA) is 35.5 Å². The van der Waals surface area contributed by atoms with E-state index in [2.05, 4.69) is 50.3 Å².